The van der Waals surface area contributed by atoms with Crippen molar-refractivity contribution in [3.63, 3.8) is 0 Å². The van der Waals surface area contributed by atoms with Crippen LogP contribution in [0.4, 0.5) is 0 Å². The van der Waals surface area contributed by atoms with Gasteiger partial charge in [0.15, 0.2) is 6.10 Å². The second-order valence-corrected chi connectivity index (χ2v) is 16.0. The Balaban J connectivity index is 4.05. The zero-order chi connectivity index (χ0) is 39.3. The summed E-state index contributed by atoms with van der Waals surface area (Å²) in [6, 6.07) is 0. The lowest BCUT2D eigenvalue weighted by Gasteiger charge is -2.18. The Labute approximate surface area is 337 Å². The molecule has 0 spiro atoms. The molecule has 0 amide bonds. The second-order valence-electron chi connectivity index (χ2n) is 16.0. The number of rotatable bonds is 44. The fourth-order valence-corrected chi connectivity index (χ4v) is 6.85. The van der Waals surface area contributed by atoms with Gasteiger partial charge in [0.25, 0.3) is 0 Å². The third-order valence-electron chi connectivity index (χ3n) is 10.5. The van der Waals surface area contributed by atoms with E-state index in [-0.39, 0.29) is 25.2 Å². The van der Waals surface area contributed by atoms with Gasteiger partial charge in [0.2, 0.25) is 0 Å². The van der Waals surface area contributed by atoms with Crippen LogP contribution in [0, 0.1) is 0 Å². The van der Waals surface area contributed by atoms with Crippen LogP contribution in [0.15, 0.2) is 24.3 Å². The first kappa shape index (κ1) is 52.4. The number of hydrogen-bond acceptors (Lipinski definition) is 5. The Morgan fingerprint density at radius 3 is 1.15 bits per heavy atom. The van der Waals surface area contributed by atoms with E-state index in [0.29, 0.717) is 19.4 Å². The Kier molecular flexibility index (Phi) is 44.4. The van der Waals surface area contributed by atoms with Gasteiger partial charge >= 0.3 is 11.9 Å². The summed E-state index contributed by atoms with van der Waals surface area (Å²) < 4.78 is 17.2. The van der Waals surface area contributed by atoms with E-state index in [4.69, 9.17) is 14.2 Å². The molecule has 0 heterocycles. The largest absolute Gasteiger partial charge is 0.462 e. The monoisotopic (exact) mass is 761 g/mol. The van der Waals surface area contributed by atoms with Crippen molar-refractivity contribution in [3.05, 3.63) is 24.3 Å². The van der Waals surface area contributed by atoms with Gasteiger partial charge in [-0.1, -0.05) is 193 Å². The first-order valence-electron chi connectivity index (χ1n) is 23.9. The summed E-state index contributed by atoms with van der Waals surface area (Å²) in [6.45, 7) is 7.79. The van der Waals surface area contributed by atoms with Gasteiger partial charge in [0, 0.05) is 19.4 Å². The average Bonchev–Trinajstić information content (AvgIpc) is 3.17. The van der Waals surface area contributed by atoms with Crippen molar-refractivity contribution in [2.75, 3.05) is 19.8 Å². The molecule has 0 fully saturated rings. The van der Waals surface area contributed by atoms with Crippen LogP contribution in [-0.2, 0) is 23.8 Å². The van der Waals surface area contributed by atoms with Crippen molar-refractivity contribution in [2.45, 2.75) is 258 Å². The summed E-state index contributed by atoms with van der Waals surface area (Å²) in [6.07, 6.45) is 51.9. The number of ether oxygens (including phenoxy) is 3. The normalized spacial score (nSPS) is 12.3. The predicted octanol–water partition coefficient (Wildman–Crippen LogP) is 15.7. The number of unbranched alkanes of at least 4 members (excludes halogenated alkanes) is 29. The van der Waals surface area contributed by atoms with E-state index in [1.807, 2.05) is 0 Å². The number of carbonyl (C=O) groups is 2. The molecule has 54 heavy (non-hydrogen) atoms. The predicted molar refractivity (Wildman–Crippen MR) is 233 cm³/mol. The number of allylic oxidation sites excluding steroid dienone is 4. The lowest BCUT2D eigenvalue weighted by atomic mass is 10.1. The van der Waals surface area contributed by atoms with Gasteiger partial charge in [0.05, 0.1) is 6.61 Å². The van der Waals surface area contributed by atoms with Gasteiger partial charge in [-0.25, -0.2) is 0 Å². The maximum Gasteiger partial charge on any atom is 0.306 e. The molecule has 0 aromatic carbocycles. The van der Waals surface area contributed by atoms with Crippen LogP contribution in [0.5, 0.6) is 0 Å². The SMILES string of the molecule is CCCCCC/C=C\CCCCCCCC(=O)OC(COCCCCCCCC)COC(=O)CCCCCCCCCCC/C=C\CCCCCCCC. The molecule has 0 bridgehead atoms. The third-order valence-corrected chi connectivity index (χ3v) is 10.5. The van der Waals surface area contributed by atoms with Gasteiger partial charge in [-0.15, -0.1) is 0 Å². The topological polar surface area (TPSA) is 61.8 Å². The highest BCUT2D eigenvalue weighted by atomic mass is 16.6. The Bertz CT molecular complexity index is 821. The summed E-state index contributed by atoms with van der Waals surface area (Å²) in [7, 11) is 0. The molecule has 0 aliphatic rings. The standard InChI is InChI=1S/C49H92O5/c1-4-7-10-13-16-18-20-22-23-24-25-26-27-29-30-32-34-36-39-42-48(50)53-46-47(45-52-44-41-38-15-12-9-6-3)54-49(51)43-40-37-35-33-31-28-21-19-17-14-11-8-5-2/h19,21-23,47H,4-18,20,24-46H2,1-3H3/b21-19-,23-22-. The van der Waals surface area contributed by atoms with Crippen molar-refractivity contribution < 1.29 is 23.8 Å². The zero-order valence-corrected chi connectivity index (χ0v) is 36.5. The molecule has 5 heteroatoms. The van der Waals surface area contributed by atoms with Crippen LogP contribution in [0.25, 0.3) is 0 Å². The molecule has 1 unspecified atom stereocenters. The molecule has 5 nitrogen and oxygen atoms in total. The van der Waals surface area contributed by atoms with Gasteiger partial charge in [-0.05, 0) is 70.6 Å². The summed E-state index contributed by atoms with van der Waals surface area (Å²) in [4.78, 5) is 25.2. The van der Waals surface area contributed by atoms with Gasteiger partial charge in [0.1, 0.15) is 6.61 Å². The van der Waals surface area contributed by atoms with E-state index >= 15 is 0 Å². The number of carbonyl (C=O) groups excluding carboxylic acids is 2. The van der Waals surface area contributed by atoms with Gasteiger partial charge in [-0.2, -0.15) is 0 Å². The van der Waals surface area contributed by atoms with E-state index in [1.54, 1.807) is 0 Å². The molecule has 0 aromatic rings. The first-order valence-corrected chi connectivity index (χ1v) is 23.9. The minimum absolute atomic E-state index is 0.0854. The molecule has 0 saturated carbocycles. The molecule has 0 rings (SSSR count). The molecule has 0 aliphatic carbocycles. The van der Waals surface area contributed by atoms with E-state index < -0.39 is 6.10 Å². The van der Waals surface area contributed by atoms with Crippen molar-refractivity contribution in [3.8, 4) is 0 Å². The molecule has 0 aliphatic heterocycles. The third kappa shape index (κ3) is 43.1. The van der Waals surface area contributed by atoms with E-state index in [2.05, 4.69) is 45.1 Å². The smallest absolute Gasteiger partial charge is 0.306 e. The fourth-order valence-electron chi connectivity index (χ4n) is 6.85. The fraction of sp³-hybridized carbons (Fsp3) is 0.878. The molecular weight excluding hydrogens is 669 g/mol. The Morgan fingerprint density at radius 2 is 0.722 bits per heavy atom. The lowest BCUT2D eigenvalue weighted by Crippen LogP contribution is -2.30. The molecule has 0 saturated heterocycles. The van der Waals surface area contributed by atoms with Crippen molar-refractivity contribution in [2.24, 2.45) is 0 Å². The lowest BCUT2D eigenvalue weighted by molar-refractivity contribution is -0.163. The van der Waals surface area contributed by atoms with Crippen LogP contribution in [0.3, 0.4) is 0 Å². The summed E-state index contributed by atoms with van der Waals surface area (Å²) >= 11 is 0. The highest BCUT2D eigenvalue weighted by Gasteiger charge is 2.17. The summed E-state index contributed by atoms with van der Waals surface area (Å²) in [5.41, 5.74) is 0. The molecule has 0 N–H and O–H groups in total. The van der Waals surface area contributed by atoms with Gasteiger partial charge in [-0.3, -0.25) is 9.59 Å². The molecular formula is C49H92O5. The first-order chi connectivity index (χ1) is 26.6. The van der Waals surface area contributed by atoms with Gasteiger partial charge < -0.3 is 14.2 Å². The highest BCUT2D eigenvalue weighted by Crippen LogP contribution is 2.14. The van der Waals surface area contributed by atoms with Crippen LogP contribution in [0.1, 0.15) is 252 Å². The molecule has 1 atom stereocenters. The highest BCUT2D eigenvalue weighted by molar-refractivity contribution is 5.70. The maximum atomic E-state index is 12.7. The Morgan fingerprint density at radius 1 is 0.389 bits per heavy atom. The van der Waals surface area contributed by atoms with E-state index in [0.717, 1.165) is 51.4 Å². The average molecular weight is 761 g/mol. The second kappa shape index (κ2) is 45.8. The number of esters is 2. The minimum Gasteiger partial charge on any atom is -0.462 e. The van der Waals surface area contributed by atoms with E-state index in [9.17, 15) is 9.59 Å². The zero-order valence-electron chi connectivity index (χ0n) is 36.5. The number of hydrogen-bond donors (Lipinski definition) is 0. The van der Waals surface area contributed by atoms with Crippen LogP contribution < -0.4 is 0 Å². The molecule has 318 valence electrons. The molecule has 0 aromatic heterocycles. The van der Waals surface area contributed by atoms with Crippen LogP contribution in [-0.4, -0.2) is 37.9 Å². The maximum absolute atomic E-state index is 12.7. The Hall–Kier alpha value is -1.62. The van der Waals surface area contributed by atoms with Crippen LogP contribution in [0.2, 0.25) is 0 Å². The quantitative estimate of drug-likeness (QED) is 0.0352. The molecule has 0 radical (unpaired) electrons. The van der Waals surface area contributed by atoms with Crippen molar-refractivity contribution in [1.29, 1.82) is 0 Å². The van der Waals surface area contributed by atoms with E-state index in [1.165, 1.54) is 167 Å². The minimum atomic E-state index is -0.531. The van der Waals surface area contributed by atoms with Crippen LogP contribution >= 0.6 is 0 Å². The van der Waals surface area contributed by atoms with Crippen molar-refractivity contribution in [1.82, 2.24) is 0 Å². The summed E-state index contributed by atoms with van der Waals surface area (Å²) in [5.74, 6) is -0.403. The van der Waals surface area contributed by atoms with Crippen molar-refractivity contribution >= 4 is 11.9 Å². The summed E-state index contributed by atoms with van der Waals surface area (Å²) in [5, 5.41) is 0.